The number of carbonyl (C=O) groups excluding carboxylic acids is 1. The van der Waals surface area contributed by atoms with Crippen LogP contribution in [0.2, 0.25) is 0 Å². The molecule has 2 aliphatic rings. The number of hydrogen-bond acceptors (Lipinski definition) is 2. The molecule has 2 fully saturated rings. The SMILES string of the molecule is CC1CCC(N(C)C(=O)CN2CCCC(C)C2)CC1. The number of amides is 1. The Bertz CT molecular complexity index is 297. The van der Waals surface area contributed by atoms with Crippen molar-refractivity contribution in [2.24, 2.45) is 11.8 Å². The zero-order valence-corrected chi connectivity index (χ0v) is 12.9. The number of likely N-dealkylation sites (N-methyl/N-ethyl adjacent to an activating group) is 1. The maximum Gasteiger partial charge on any atom is 0.236 e. The summed E-state index contributed by atoms with van der Waals surface area (Å²) in [6, 6.07) is 0.492. The lowest BCUT2D eigenvalue weighted by molar-refractivity contribution is -0.134. The van der Waals surface area contributed by atoms with Gasteiger partial charge in [-0.25, -0.2) is 0 Å². The Morgan fingerprint density at radius 3 is 2.42 bits per heavy atom. The van der Waals surface area contributed by atoms with Gasteiger partial charge in [0.1, 0.15) is 0 Å². The summed E-state index contributed by atoms with van der Waals surface area (Å²) in [6.07, 6.45) is 7.52. The first-order chi connectivity index (χ1) is 9.06. The van der Waals surface area contributed by atoms with E-state index in [4.69, 9.17) is 0 Å². The van der Waals surface area contributed by atoms with Crippen LogP contribution in [0.5, 0.6) is 0 Å². The molecule has 0 aromatic heterocycles. The summed E-state index contributed by atoms with van der Waals surface area (Å²) in [5.41, 5.74) is 0. The lowest BCUT2D eigenvalue weighted by atomic mass is 9.87. The summed E-state index contributed by atoms with van der Waals surface area (Å²) in [7, 11) is 2.01. The third-order valence-corrected chi connectivity index (χ3v) is 5.03. The fourth-order valence-corrected chi connectivity index (χ4v) is 3.57. The zero-order valence-electron chi connectivity index (χ0n) is 12.9. The third kappa shape index (κ3) is 4.20. The lowest BCUT2D eigenvalue weighted by Crippen LogP contribution is -2.46. The molecule has 1 amide bonds. The van der Waals surface area contributed by atoms with E-state index < -0.39 is 0 Å². The largest absolute Gasteiger partial charge is 0.342 e. The third-order valence-electron chi connectivity index (χ3n) is 5.03. The van der Waals surface area contributed by atoms with Crippen LogP contribution in [0.3, 0.4) is 0 Å². The second kappa shape index (κ2) is 6.74. The van der Waals surface area contributed by atoms with Crippen molar-refractivity contribution in [3.05, 3.63) is 0 Å². The first-order valence-electron chi connectivity index (χ1n) is 8.04. The highest BCUT2D eigenvalue weighted by Gasteiger charge is 2.26. The summed E-state index contributed by atoms with van der Waals surface area (Å²) in [5, 5.41) is 0. The molecule has 1 saturated carbocycles. The van der Waals surface area contributed by atoms with E-state index in [-0.39, 0.29) is 0 Å². The highest BCUT2D eigenvalue weighted by atomic mass is 16.2. The van der Waals surface area contributed by atoms with E-state index in [0.717, 1.165) is 24.9 Å². The molecule has 1 saturated heterocycles. The topological polar surface area (TPSA) is 23.6 Å². The van der Waals surface area contributed by atoms with Crippen molar-refractivity contribution >= 4 is 5.91 Å². The molecule has 2 rings (SSSR count). The van der Waals surface area contributed by atoms with Crippen molar-refractivity contribution in [2.75, 3.05) is 26.7 Å². The first-order valence-corrected chi connectivity index (χ1v) is 8.04. The summed E-state index contributed by atoms with van der Waals surface area (Å²) >= 11 is 0. The number of piperidine rings is 1. The minimum atomic E-state index is 0.327. The predicted octanol–water partition coefficient (Wildman–Crippen LogP) is 2.76. The second-order valence-corrected chi connectivity index (χ2v) is 6.90. The van der Waals surface area contributed by atoms with E-state index in [1.165, 1.54) is 38.5 Å². The molecule has 0 radical (unpaired) electrons. The highest BCUT2D eigenvalue weighted by molar-refractivity contribution is 5.78. The Labute approximate surface area is 118 Å². The average molecular weight is 266 g/mol. The van der Waals surface area contributed by atoms with Gasteiger partial charge in [-0.1, -0.05) is 13.8 Å². The molecular weight excluding hydrogens is 236 g/mol. The van der Waals surface area contributed by atoms with E-state index in [0.29, 0.717) is 18.5 Å². The molecule has 1 heterocycles. The minimum absolute atomic E-state index is 0.327. The van der Waals surface area contributed by atoms with Crippen molar-refractivity contribution in [1.29, 1.82) is 0 Å². The van der Waals surface area contributed by atoms with Gasteiger partial charge in [-0.3, -0.25) is 9.69 Å². The van der Waals surface area contributed by atoms with Crippen LogP contribution in [0, 0.1) is 11.8 Å². The molecule has 0 spiro atoms. The molecule has 0 N–H and O–H groups in total. The Kier molecular flexibility index (Phi) is 5.26. The number of carbonyl (C=O) groups is 1. The molecule has 1 atom stereocenters. The maximum atomic E-state index is 12.4. The molecule has 1 aliphatic carbocycles. The summed E-state index contributed by atoms with van der Waals surface area (Å²) in [5.74, 6) is 1.93. The van der Waals surface area contributed by atoms with Crippen molar-refractivity contribution in [3.8, 4) is 0 Å². The van der Waals surface area contributed by atoms with Gasteiger partial charge in [-0.15, -0.1) is 0 Å². The molecule has 0 bridgehead atoms. The second-order valence-electron chi connectivity index (χ2n) is 6.90. The fourth-order valence-electron chi connectivity index (χ4n) is 3.57. The van der Waals surface area contributed by atoms with Crippen LogP contribution in [0.25, 0.3) is 0 Å². The van der Waals surface area contributed by atoms with E-state index in [1.807, 2.05) is 11.9 Å². The quantitative estimate of drug-likeness (QED) is 0.784. The molecule has 19 heavy (non-hydrogen) atoms. The molecule has 0 aromatic carbocycles. The standard InChI is InChI=1S/C16H30N2O/c1-13-6-8-15(9-7-13)17(3)16(19)12-18-10-4-5-14(2)11-18/h13-15H,4-12H2,1-3H3. The van der Waals surface area contributed by atoms with Crippen LogP contribution < -0.4 is 0 Å². The van der Waals surface area contributed by atoms with Crippen molar-refractivity contribution in [1.82, 2.24) is 9.80 Å². The number of likely N-dealkylation sites (tertiary alicyclic amines) is 1. The number of nitrogens with zero attached hydrogens (tertiary/aromatic N) is 2. The summed E-state index contributed by atoms with van der Waals surface area (Å²) < 4.78 is 0. The van der Waals surface area contributed by atoms with Gasteiger partial charge < -0.3 is 4.90 Å². The van der Waals surface area contributed by atoms with Crippen molar-refractivity contribution in [3.63, 3.8) is 0 Å². The Hall–Kier alpha value is -0.570. The van der Waals surface area contributed by atoms with Crippen LogP contribution >= 0.6 is 0 Å². The van der Waals surface area contributed by atoms with E-state index in [9.17, 15) is 4.79 Å². The van der Waals surface area contributed by atoms with Gasteiger partial charge >= 0.3 is 0 Å². The Balaban J connectivity index is 1.78. The molecule has 3 heteroatoms. The van der Waals surface area contributed by atoms with Crippen LogP contribution in [-0.2, 0) is 4.79 Å². The van der Waals surface area contributed by atoms with Gasteiger partial charge in [0.25, 0.3) is 0 Å². The highest BCUT2D eigenvalue weighted by Crippen LogP contribution is 2.26. The number of hydrogen-bond donors (Lipinski definition) is 0. The van der Waals surface area contributed by atoms with E-state index in [2.05, 4.69) is 18.7 Å². The maximum absolute atomic E-state index is 12.4. The van der Waals surface area contributed by atoms with Crippen molar-refractivity contribution in [2.45, 2.75) is 58.4 Å². The number of rotatable bonds is 3. The van der Waals surface area contributed by atoms with Gasteiger partial charge in [0.2, 0.25) is 5.91 Å². The lowest BCUT2D eigenvalue weighted by Gasteiger charge is -2.36. The summed E-state index contributed by atoms with van der Waals surface area (Å²) in [6.45, 7) is 7.45. The van der Waals surface area contributed by atoms with E-state index >= 15 is 0 Å². The minimum Gasteiger partial charge on any atom is -0.342 e. The van der Waals surface area contributed by atoms with Crippen LogP contribution in [0.4, 0.5) is 0 Å². The van der Waals surface area contributed by atoms with Crippen LogP contribution in [0.1, 0.15) is 52.4 Å². The smallest absolute Gasteiger partial charge is 0.236 e. The Morgan fingerprint density at radius 1 is 1.11 bits per heavy atom. The normalized spacial score (nSPS) is 33.1. The van der Waals surface area contributed by atoms with Gasteiger partial charge in [-0.05, 0) is 56.9 Å². The summed E-state index contributed by atoms with van der Waals surface area (Å²) in [4.78, 5) is 16.8. The molecule has 3 nitrogen and oxygen atoms in total. The average Bonchev–Trinajstić information content (AvgIpc) is 2.39. The predicted molar refractivity (Wildman–Crippen MR) is 79.0 cm³/mol. The van der Waals surface area contributed by atoms with Gasteiger partial charge in [-0.2, -0.15) is 0 Å². The molecular formula is C16H30N2O. The molecule has 1 aliphatic heterocycles. The first kappa shape index (κ1) is 14.8. The van der Waals surface area contributed by atoms with Gasteiger partial charge in [0, 0.05) is 19.6 Å². The van der Waals surface area contributed by atoms with E-state index in [1.54, 1.807) is 0 Å². The Morgan fingerprint density at radius 2 is 1.79 bits per heavy atom. The molecule has 0 aromatic rings. The monoisotopic (exact) mass is 266 g/mol. The molecule has 1 unspecified atom stereocenters. The molecule has 110 valence electrons. The zero-order chi connectivity index (χ0) is 13.8. The van der Waals surface area contributed by atoms with Gasteiger partial charge in [0.15, 0.2) is 0 Å². The van der Waals surface area contributed by atoms with Crippen molar-refractivity contribution < 1.29 is 4.79 Å². The van der Waals surface area contributed by atoms with Gasteiger partial charge in [0.05, 0.1) is 6.54 Å². The van der Waals surface area contributed by atoms with Crippen LogP contribution in [0.15, 0.2) is 0 Å². The fraction of sp³-hybridized carbons (Fsp3) is 0.938. The van der Waals surface area contributed by atoms with Crippen LogP contribution in [-0.4, -0.2) is 48.4 Å².